The first-order valence-corrected chi connectivity index (χ1v) is 8.93. The number of nitrogens with zero attached hydrogens (tertiary/aromatic N) is 1. The average molecular weight is 377 g/mol. The van der Waals surface area contributed by atoms with Crippen LogP contribution in [0.25, 0.3) is 0 Å². The van der Waals surface area contributed by atoms with Crippen LogP contribution in [-0.4, -0.2) is 10.0 Å². The zero-order chi connectivity index (χ0) is 19.1. The highest BCUT2D eigenvalue weighted by Crippen LogP contribution is 2.19. The van der Waals surface area contributed by atoms with Crippen molar-refractivity contribution in [1.82, 2.24) is 5.32 Å². The molecule has 0 saturated heterocycles. The normalized spacial score (nSPS) is 11.4. The summed E-state index contributed by atoms with van der Waals surface area (Å²) in [5, 5.41) is 17.7. The third-order valence-corrected chi connectivity index (χ3v) is 4.35. The van der Waals surface area contributed by atoms with Crippen LogP contribution in [0.4, 0.5) is 11.4 Å². The van der Waals surface area contributed by atoms with Crippen molar-refractivity contribution in [3.05, 3.63) is 106 Å². The first-order valence-electron chi connectivity index (χ1n) is 8.52. The van der Waals surface area contributed by atoms with Gasteiger partial charge in [0.05, 0.1) is 11.0 Å². The highest BCUT2D eigenvalue weighted by molar-refractivity contribution is 7.80. The fourth-order valence-electron chi connectivity index (χ4n) is 2.78. The number of non-ortho nitro benzene ring substituents is 1. The molecule has 0 amide bonds. The molecule has 0 spiro atoms. The Labute approximate surface area is 163 Å². The van der Waals surface area contributed by atoms with Crippen LogP contribution in [0.1, 0.15) is 17.2 Å². The number of hydrogen-bond donors (Lipinski definition) is 2. The second-order valence-electron chi connectivity index (χ2n) is 6.06. The molecule has 0 aliphatic rings. The molecular weight excluding hydrogens is 358 g/mol. The molecule has 27 heavy (non-hydrogen) atoms. The van der Waals surface area contributed by atoms with E-state index in [-0.39, 0.29) is 11.7 Å². The van der Waals surface area contributed by atoms with E-state index in [0.717, 1.165) is 12.0 Å². The topological polar surface area (TPSA) is 67.2 Å². The Morgan fingerprint density at radius 2 is 1.52 bits per heavy atom. The van der Waals surface area contributed by atoms with Gasteiger partial charge in [-0.05, 0) is 41.9 Å². The monoisotopic (exact) mass is 377 g/mol. The Bertz CT molecular complexity index is 900. The Hall–Kier alpha value is -3.25. The highest BCUT2D eigenvalue weighted by Gasteiger charge is 2.14. The number of nitrogens with one attached hydrogen (secondary N) is 2. The van der Waals surface area contributed by atoms with Gasteiger partial charge in [-0.3, -0.25) is 10.1 Å². The first-order chi connectivity index (χ1) is 13.1. The number of benzene rings is 3. The van der Waals surface area contributed by atoms with Crippen LogP contribution in [0.3, 0.4) is 0 Å². The lowest BCUT2D eigenvalue weighted by Crippen LogP contribution is -2.33. The van der Waals surface area contributed by atoms with Gasteiger partial charge < -0.3 is 10.6 Å². The van der Waals surface area contributed by atoms with Crippen LogP contribution in [0.2, 0.25) is 0 Å². The third kappa shape index (κ3) is 5.36. The summed E-state index contributed by atoms with van der Waals surface area (Å²) in [4.78, 5) is 10.3. The van der Waals surface area contributed by atoms with E-state index >= 15 is 0 Å². The molecule has 2 N–H and O–H groups in total. The lowest BCUT2D eigenvalue weighted by Gasteiger charge is -2.21. The molecule has 0 saturated carbocycles. The maximum atomic E-state index is 10.8. The minimum atomic E-state index is -0.425. The SMILES string of the molecule is O=[N+]([O-])c1ccc(NC(=S)N[C@@H](Cc2ccccc2)c2ccccc2)cc1. The zero-order valence-corrected chi connectivity index (χ0v) is 15.4. The van der Waals surface area contributed by atoms with Crippen LogP contribution < -0.4 is 10.6 Å². The van der Waals surface area contributed by atoms with Gasteiger partial charge in [0.2, 0.25) is 0 Å². The summed E-state index contributed by atoms with van der Waals surface area (Å²) < 4.78 is 0. The number of rotatable bonds is 6. The minimum Gasteiger partial charge on any atom is -0.355 e. The van der Waals surface area contributed by atoms with Gasteiger partial charge in [-0.25, -0.2) is 0 Å². The van der Waals surface area contributed by atoms with Gasteiger partial charge >= 0.3 is 0 Å². The summed E-state index contributed by atoms with van der Waals surface area (Å²) in [6, 6.07) is 26.5. The number of hydrogen-bond acceptors (Lipinski definition) is 3. The first kappa shape index (κ1) is 18.5. The number of anilines is 1. The molecule has 0 bridgehead atoms. The van der Waals surface area contributed by atoms with E-state index in [2.05, 4.69) is 34.9 Å². The van der Waals surface area contributed by atoms with Gasteiger partial charge in [-0.15, -0.1) is 0 Å². The minimum absolute atomic E-state index is 0.00616. The van der Waals surface area contributed by atoms with Crippen molar-refractivity contribution in [3.63, 3.8) is 0 Å². The fraction of sp³-hybridized carbons (Fsp3) is 0.0952. The summed E-state index contributed by atoms with van der Waals surface area (Å²) in [5.74, 6) is 0. The number of nitro groups is 1. The summed E-state index contributed by atoms with van der Waals surface area (Å²) in [5.41, 5.74) is 3.08. The molecule has 0 unspecified atom stereocenters. The van der Waals surface area contributed by atoms with Gasteiger partial charge in [0.15, 0.2) is 5.11 Å². The van der Waals surface area contributed by atoms with Crippen molar-refractivity contribution in [2.45, 2.75) is 12.5 Å². The molecule has 5 nitrogen and oxygen atoms in total. The summed E-state index contributed by atoms with van der Waals surface area (Å²) in [7, 11) is 0. The van der Waals surface area contributed by atoms with Crippen LogP contribution in [0.15, 0.2) is 84.9 Å². The Morgan fingerprint density at radius 3 is 2.11 bits per heavy atom. The van der Waals surface area contributed by atoms with Crippen molar-refractivity contribution in [2.75, 3.05) is 5.32 Å². The van der Waals surface area contributed by atoms with E-state index in [9.17, 15) is 10.1 Å². The molecule has 0 aliphatic heterocycles. The maximum absolute atomic E-state index is 10.8. The molecule has 3 aromatic carbocycles. The Kier molecular flexibility index (Phi) is 6.12. The summed E-state index contributed by atoms with van der Waals surface area (Å²) in [6.07, 6.45) is 0.785. The predicted molar refractivity (Wildman–Crippen MR) is 112 cm³/mol. The molecule has 136 valence electrons. The van der Waals surface area contributed by atoms with E-state index in [0.29, 0.717) is 10.8 Å². The average Bonchev–Trinajstić information content (AvgIpc) is 2.69. The molecule has 3 aromatic rings. The lowest BCUT2D eigenvalue weighted by molar-refractivity contribution is -0.384. The zero-order valence-electron chi connectivity index (χ0n) is 14.5. The molecule has 6 heteroatoms. The second kappa shape index (κ2) is 8.91. The van der Waals surface area contributed by atoms with Crippen LogP contribution in [0, 0.1) is 10.1 Å². The van der Waals surface area contributed by atoms with Crippen LogP contribution in [-0.2, 0) is 6.42 Å². The number of thiocarbonyl (C=S) groups is 1. The highest BCUT2D eigenvalue weighted by atomic mass is 32.1. The summed E-state index contributed by atoms with van der Waals surface area (Å²) in [6.45, 7) is 0. The molecule has 0 aliphatic carbocycles. The lowest BCUT2D eigenvalue weighted by atomic mass is 9.99. The van der Waals surface area contributed by atoms with Crippen molar-refractivity contribution >= 4 is 28.7 Å². The molecular formula is C21H19N3O2S. The molecule has 0 fully saturated rings. The molecule has 0 radical (unpaired) electrons. The summed E-state index contributed by atoms with van der Waals surface area (Å²) >= 11 is 5.46. The van der Waals surface area contributed by atoms with Gasteiger partial charge in [-0.1, -0.05) is 60.7 Å². The van der Waals surface area contributed by atoms with Crippen molar-refractivity contribution in [3.8, 4) is 0 Å². The van der Waals surface area contributed by atoms with Gasteiger partial charge in [0.25, 0.3) is 5.69 Å². The van der Waals surface area contributed by atoms with Gasteiger partial charge in [0.1, 0.15) is 0 Å². The van der Waals surface area contributed by atoms with Gasteiger partial charge in [0, 0.05) is 17.8 Å². The van der Waals surface area contributed by atoms with Gasteiger partial charge in [-0.2, -0.15) is 0 Å². The van der Waals surface area contributed by atoms with E-state index in [1.807, 2.05) is 36.4 Å². The van der Waals surface area contributed by atoms with Crippen LogP contribution >= 0.6 is 12.2 Å². The molecule has 1 atom stereocenters. The van der Waals surface area contributed by atoms with Crippen molar-refractivity contribution in [1.29, 1.82) is 0 Å². The Balaban J connectivity index is 1.71. The van der Waals surface area contributed by atoms with E-state index < -0.39 is 4.92 Å². The third-order valence-electron chi connectivity index (χ3n) is 4.13. The second-order valence-corrected chi connectivity index (χ2v) is 6.46. The largest absolute Gasteiger partial charge is 0.355 e. The predicted octanol–water partition coefficient (Wildman–Crippen LogP) is 4.87. The number of nitro benzene ring substituents is 1. The quantitative estimate of drug-likeness (QED) is 0.365. The molecule has 0 heterocycles. The maximum Gasteiger partial charge on any atom is 0.269 e. The van der Waals surface area contributed by atoms with Crippen molar-refractivity contribution < 1.29 is 4.92 Å². The standard InChI is InChI=1S/C21H19N3O2S/c25-24(26)19-13-11-18(12-14-19)22-21(27)23-20(17-9-5-2-6-10-17)15-16-7-3-1-4-8-16/h1-14,20H,15H2,(H2,22,23,27)/t20-/m0/s1. The van der Waals surface area contributed by atoms with E-state index in [1.54, 1.807) is 12.1 Å². The van der Waals surface area contributed by atoms with Crippen LogP contribution in [0.5, 0.6) is 0 Å². The Morgan fingerprint density at radius 1 is 0.926 bits per heavy atom. The van der Waals surface area contributed by atoms with E-state index in [4.69, 9.17) is 12.2 Å². The molecule has 3 rings (SSSR count). The molecule has 0 aromatic heterocycles. The fourth-order valence-corrected chi connectivity index (χ4v) is 3.04. The smallest absolute Gasteiger partial charge is 0.269 e. The van der Waals surface area contributed by atoms with E-state index in [1.165, 1.54) is 17.7 Å². The van der Waals surface area contributed by atoms with Crippen molar-refractivity contribution in [2.24, 2.45) is 0 Å².